The molecule has 0 bridgehead atoms. The summed E-state index contributed by atoms with van der Waals surface area (Å²) in [5, 5.41) is 2.90. The second-order valence-electron chi connectivity index (χ2n) is 4.90. The van der Waals surface area contributed by atoms with Crippen LogP contribution in [0, 0.1) is 0 Å². The van der Waals surface area contributed by atoms with Crippen molar-refractivity contribution in [2.75, 3.05) is 37.7 Å². The Bertz CT molecular complexity index is 406. The summed E-state index contributed by atoms with van der Waals surface area (Å²) in [7, 11) is 0. The highest BCUT2D eigenvalue weighted by Crippen LogP contribution is 2.08. The van der Waals surface area contributed by atoms with Gasteiger partial charge in [0.25, 0.3) is 0 Å². The van der Waals surface area contributed by atoms with Crippen molar-refractivity contribution in [3.8, 4) is 0 Å². The van der Waals surface area contributed by atoms with E-state index in [1.165, 1.54) is 0 Å². The van der Waals surface area contributed by atoms with Gasteiger partial charge in [0, 0.05) is 24.9 Å². The van der Waals surface area contributed by atoms with Crippen molar-refractivity contribution in [3.05, 3.63) is 35.9 Å². The van der Waals surface area contributed by atoms with Gasteiger partial charge in [-0.05, 0) is 18.7 Å². The van der Waals surface area contributed by atoms with Crippen LogP contribution in [0.4, 0.5) is 0 Å². The Labute approximate surface area is 156 Å². The Hall–Kier alpha value is -0.460. The van der Waals surface area contributed by atoms with E-state index in [0.717, 1.165) is 31.0 Å². The molecule has 1 amide bonds. The maximum atomic E-state index is 11.8. The van der Waals surface area contributed by atoms with Gasteiger partial charge in [-0.1, -0.05) is 44.2 Å². The lowest BCUT2D eigenvalue weighted by atomic mass is 10.1. The average Bonchev–Trinajstić information content (AvgIpc) is 2.53. The molecule has 1 atom stereocenters. The van der Waals surface area contributed by atoms with Gasteiger partial charge in [-0.15, -0.1) is 24.8 Å². The first-order valence-electron chi connectivity index (χ1n) is 7.54. The van der Waals surface area contributed by atoms with Crippen molar-refractivity contribution in [1.82, 2.24) is 10.2 Å². The average molecular weight is 382 g/mol. The summed E-state index contributed by atoms with van der Waals surface area (Å²) in [6.07, 6.45) is 0. The predicted molar refractivity (Wildman–Crippen MR) is 106 cm³/mol. The summed E-state index contributed by atoms with van der Waals surface area (Å²) in [6.45, 7) is 7.97. The van der Waals surface area contributed by atoms with E-state index in [2.05, 4.69) is 24.1 Å². The molecule has 0 radical (unpaired) electrons. The van der Waals surface area contributed by atoms with Gasteiger partial charge in [0.05, 0.1) is 5.75 Å². The number of hydrogen-bond acceptors (Lipinski definition) is 4. The first-order chi connectivity index (χ1) is 10.2. The van der Waals surface area contributed by atoms with Gasteiger partial charge in [-0.25, -0.2) is 0 Å². The number of rotatable bonds is 10. The quantitative estimate of drug-likeness (QED) is 0.611. The van der Waals surface area contributed by atoms with Crippen molar-refractivity contribution in [2.45, 2.75) is 19.9 Å². The monoisotopic (exact) mass is 381 g/mol. The fraction of sp³-hybridized carbons (Fsp3) is 0.562. The molecular formula is C16H29Cl2N3OS. The van der Waals surface area contributed by atoms with Crippen molar-refractivity contribution >= 4 is 42.5 Å². The summed E-state index contributed by atoms with van der Waals surface area (Å²) < 4.78 is 0. The van der Waals surface area contributed by atoms with Crippen LogP contribution in [0.1, 0.15) is 25.5 Å². The molecule has 0 spiro atoms. The van der Waals surface area contributed by atoms with Gasteiger partial charge in [-0.3, -0.25) is 4.79 Å². The normalized spacial score (nSPS) is 11.3. The molecule has 3 N–H and O–H groups in total. The third-order valence-electron chi connectivity index (χ3n) is 3.43. The molecule has 1 aromatic rings. The summed E-state index contributed by atoms with van der Waals surface area (Å²) in [5.41, 5.74) is 7.09. The van der Waals surface area contributed by atoms with Gasteiger partial charge in [0.15, 0.2) is 0 Å². The molecule has 0 heterocycles. The van der Waals surface area contributed by atoms with Crippen LogP contribution in [0.2, 0.25) is 0 Å². The van der Waals surface area contributed by atoms with Crippen molar-refractivity contribution in [1.29, 1.82) is 0 Å². The second-order valence-corrected chi connectivity index (χ2v) is 6.01. The van der Waals surface area contributed by atoms with Crippen LogP contribution in [-0.4, -0.2) is 48.5 Å². The minimum atomic E-state index is -0.143. The molecule has 0 saturated carbocycles. The second kappa shape index (κ2) is 15.1. The van der Waals surface area contributed by atoms with Crippen LogP contribution in [0.3, 0.4) is 0 Å². The van der Waals surface area contributed by atoms with E-state index in [1.807, 2.05) is 30.3 Å². The van der Waals surface area contributed by atoms with E-state index in [1.54, 1.807) is 11.8 Å². The lowest BCUT2D eigenvalue weighted by molar-refractivity contribution is -0.118. The molecule has 0 saturated heterocycles. The number of halogens is 2. The number of nitrogens with zero attached hydrogens (tertiary/aromatic N) is 1. The van der Waals surface area contributed by atoms with Gasteiger partial charge >= 0.3 is 0 Å². The summed E-state index contributed by atoms with van der Waals surface area (Å²) >= 11 is 1.67. The molecule has 1 rings (SSSR count). The number of carbonyl (C=O) groups is 1. The van der Waals surface area contributed by atoms with Gasteiger partial charge < -0.3 is 16.0 Å². The van der Waals surface area contributed by atoms with Crippen LogP contribution < -0.4 is 11.1 Å². The highest BCUT2D eigenvalue weighted by Gasteiger charge is 2.08. The van der Waals surface area contributed by atoms with E-state index in [4.69, 9.17) is 5.73 Å². The molecule has 23 heavy (non-hydrogen) atoms. The predicted octanol–water partition coefficient (Wildman–Crippen LogP) is 2.72. The van der Waals surface area contributed by atoms with Crippen LogP contribution in [-0.2, 0) is 4.79 Å². The van der Waals surface area contributed by atoms with Crippen LogP contribution in [0.5, 0.6) is 0 Å². The Morgan fingerprint density at radius 3 is 2.39 bits per heavy atom. The van der Waals surface area contributed by atoms with Crippen LogP contribution >= 0.6 is 36.6 Å². The van der Waals surface area contributed by atoms with E-state index < -0.39 is 0 Å². The largest absolute Gasteiger partial charge is 0.353 e. The summed E-state index contributed by atoms with van der Waals surface area (Å²) in [5.74, 6) is 1.55. The maximum absolute atomic E-state index is 11.8. The zero-order valence-corrected chi connectivity index (χ0v) is 16.3. The highest BCUT2D eigenvalue weighted by molar-refractivity contribution is 7.99. The summed E-state index contributed by atoms with van der Waals surface area (Å²) in [4.78, 5) is 14.1. The molecule has 134 valence electrons. The molecule has 0 aliphatic heterocycles. The third-order valence-corrected chi connectivity index (χ3v) is 4.36. The third kappa shape index (κ3) is 10.8. The molecular weight excluding hydrogens is 353 g/mol. The lowest BCUT2D eigenvalue weighted by Gasteiger charge is -2.17. The van der Waals surface area contributed by atoms with E-state index in [9.17, 15) is 4.79 Å². The van der Waals surface area contributed by atoms with Gasteiger partial charge in [0.2, 0.25) is 5.91 Å². The maximum Gasteiger partial charge on any atom is 0.230 e. The topological polar surface area (TPSA) is 58.4 Å². The van der Waals surface area contributed by atoms with Crippen LogP contribution in [0.25, 0.3) is 0 Å². The van der Waals surface area contributed by atoms with E-state index in [0.29, 0.717) is 12.3 Å². The molecule has 7 heteroatoms. The number of carbonyl (C=O) groups excluding carboxylic acids is 1. The number of nitrogens with two attached hydrogens (primary N) is 1. The Morgan fingerprint density at radius 1 is 1.22 bits per heavy atom. The lowest BCUT2D eigenvalue weighted by Crippen LogP contribution is -2.33. The number of nitrogens with one attached hydrogen (secondary N) is 1. The molecule has 1 aromatic carbocycles. The molecule has 1 unspecified atom stereocenters. The van der Waals surface area contributed by atoms with Gasteiger partial charge in [0.1, 0.15) is 0 Å². The zero-order chi connectivity index (χ0) is 15.5. The van der Waals surface area contributed by atoms with Crippen molar-refractivity contribution in [2.24, 2.45) is 5.73 Å². The number of hydrogen-bond donors (Lipinski definition) is 2. The zero-order valence-electron chi connectivity index (χ0n) is 13.9. The number of benzene rings is 1. The first kappa shape index (κ1) is 24.8. The fourth-order valence-electron chi connectivity index (χ4n) is 1.99. The Balaban J connectivity index is 0. The van der Waals surface area contributed by atoms with Crippen molar-refractivity contribution in [3.63, 3.8) is 0 Å². The molecule has 0 aliphatic rings. The smallest absolute Gasteiger partial charge is 0.230 e. The molecule has 0 aliphatic carbocycles. The SMILES string of the molecule is CCN(CC)CCSCC(=O)NCC(N)c1ccccc1.Cl.Cl. The highest BCUT2D eigenvalue weighted by atomic mass is 35.5. The molecule has 4 nitrogen and oxygen atoms in total. The fourth-order valence-corrected chi connectivity index (χ4v) is 2.81. The van der Waals surface area contributed by atoms with Gasteiger partial charge in [-0.2, -0.15) is 11.8 Å². The molecule has 0 fully saturated rings. The van der Waals surface area contributed by atoms with Crippen molar-refractivity contribution < 1.29 is 4.79 Å². The molecule has 0 aromatic heterocycles. The standard InChI is InChI=1S/C16H27N3OS.2ClH/c1-3-19(4-2)10-11-21-13-16(20)18-12-15(17)14-8-6-5-7-9-14;;/h5-9,15H,3-4,10-13,17H2,1-2H3,(H,18,20);2*1H. The summed E-state index contributed by atoms with van der Waals surface area (Å²) in [6, 6.07) is 9.70. The van der Waals surface area contributed by atoms with E-state index >= 15 is 0 Å². The first-order valence-corrected chi connectivity index (χ1v) is 8.70. The minimum Gasteiger partial charge on any atom is -0.353 e. The number of thioether (sulfide) groups is 1. The van der Waals surface area contributed by atoms with Crippen LogP contribution in [0.15, 0.2) is 30.3 Å². The Kier molecular flexibility index (Phi) is 16.3. The minimum absolute atomic E-state index is 0. The number of amides is 1. The van der Waals surface area contributed by atoms with E-state index in [-0.39, 0.29) is 36.8 Å². The Morgan fingerprint density at radius 2 is 1.83 bits per heavy atom.